The predicted molar refractivity (Wildman–Crippen MR) is 88.1 cm³/mol. The van der Waals surface area contributed by atoms with Gasteiger partial charge < -0.3 is 16.0 Å². The molecule has 0 heterocycles. The van der Waals surface area contributed by atoms with Crippen molar-refractivity contribution in [3.8, 4) is 0 Å². The monoisotopic (exact) mass is 298 g/mol. The molecule has 114 valence electrons. The number of para-hydroxylation sites is 1. The Morgan fingerprint density at radius 3 is 2.23 bits per heavy atom. The van der Waals surface area contributed by atoms with Gasteiger partial charge in [-0.15, -0.1) is 0 Å². The minimum atomic E-state index is -0.606. The Morgan fingerprint density at radius 2 is 1.64 bits per heavy atom. The Bertz CT molecular complexity index is 681. The minimum absolute atomic E-state index is 0.264. The molecular weight excluding hydrogens is 280 g/mol. The molecule has 0 fully saturated rings. The zero-order valence-corrected chi connectivity index (χ0v) is 12.5. The van der Waals surface area contributed by atoms with Crippen molar-refractivity contribution in [3.63, 3.8) is 0 Å². The molecule has 6 nitrogen and oxygen atoms in total. The molecule has 0 aliphatic carbocycles. The van der Waals surface area contributed by atoms with Gasteiger partial charge in [-0.1, -0.05) is 12.1 Å². The number of hydrogen-bond donors (Lipinski definition) is 3. The lowest BCUT2D eigenvalue weighted by atomic mass is 10.2. The van der Waals surface area contributed by atoms with E-state index in [1.54, 1.807) is 36.4 Å². The van der Waals surface area contributed by atoms with E-state index < -0.39 is 11.9 Å². The summed E-state index contributed by atoms with van der Waals surface area (Å²) in [4.78, 5) is 25.7. The molecule has 0 radical (unpaired) electrons. The van der Waals surface area contributed by atoms with Crippen LogP contribution in [0.25, 0.3) is 0 Å². The fourth-order valence-electron chi connectivity index (χ4n) is 1.88. The van der Waals surface area contributed by atoms with Crippen LogP contribution in [-0.4, -0.2) is 26.0 Å². The first-order valence-electron chi connectivity index (χ1n) is 6.71. The topological polar surface area (TPSA) is 87.5 Å². The van der Waals surface area contributed by atoms with E-state index in [-0.39, 0.29) is 5.56 Å². The normalized spacial score (nSPS) is 9.91. The van der Waals surface area contributed by atoms with E-state index in [0.29, 0.717) is 11.4 Å². The van der Waals surface area contributed by atoms with Crippen molar-refractivity contribution in [1.82, 2.24) is 5.32 Å². The third kappa shape index (κ3) is 3.76. The van der Waals surface area contributed by atoms with Crippen LogP contribution in [0, 0.1) is 0 Å². The summed E-state index contributed by atoms with van der Waals surface area (Å²) >= 11 is 0. The second kappa shape index (κ2) is 6.62. The van der Waals surface area contributed by atoms with Crippen LogP contribution in [0.5, 0.6) is 0 Å². The van der Waals surface area contributed by atoms with Gasteiger partial charge in [0.1, 0.15) is 0 Å². The van der Waals surface area contributed by atoms with Crippen molar-refractivity contribution >= 4 is 29.0 Å². The van der Waals surface area contributed by atoms with E-state index in [9.17, 15) is 9.59 Å². The lowest BCUT2D eigenvalue weighted by molar-refractivity contribution is 0.0968. The van der Waals surface area contributed by atoms with Crippen molar-refractivity contribution in [1.29, 1.82) is 0 Å². The maximum absolute atomic E-state index is 12.0. The zero-order valence-electron chi connectivity index (χ0n) is 12.5. The van der Waals surface area contributed by atoms with Gasteiger partial charge in [0.2, 0.25) is 0 Å². The van der Waals surface area contributed by atoms with Gasteiger partial charge in [-0.2, -0.15) is 0 Å². The second-order valence-electron chi connectivity index (χ2n) is 4.94. The smallest absolute Gasteiger partial charge is 0.326 e. The standard InChI is InChI=1S/C16H18N4O2/c1-20(2)12-9-7-11(8-10-12)18-16(22)19-15(21)13-5-3-4-6-14(13)17/h3-10H,17H2,1-2H3,(H2,18,19,21,22). The van der Waals surface area contributed by atoms with Gasteiger partial charge >= 0.3 is 6.03 Å². The van der Waals surface area contributed by atoms with Crippen molar-refractivity contribution in [2.24, 2.45) is 0 Å². The summed E-state index contributed by atoms with van der Waals surface area (Å²) in [6, 6.07) is 13.2. The first-order chi connectivity index (χ1) is 10.5. The number of benzene rings is 2. The van der Waals surface area contributed by atoms with E-state index in [1.807, 2.05) is 31.1 Å². The Kier molecular flexibility index (Phi) is 4.63. The molecule has 0 aliphatic heterocycles. The van der Waals surface area contributed by atoms with Crippen molar-refractivity contribution in [2.45, 2.75) is 0 Å². The highest BCUT2D eigenvalue weighted by molar-refractivity contribution is 6.10. The summed E-state index contributed by atoms with van der Waals surface area (Å²) < 4.78 is 0. The van der Waals surface area contributed by atoms with E-state index in [2.05, 4.69) is 10.6 Å². The molecular formula is C16H18N4O2. The van der Waals surface area contributed by atoms with Crippen LogP contribution in [0.1, 0.15) is 10.4 Å². The molecule has 0 aromatic heterocycles. The first kappa shape index (κ1) is 15.4. The lowest BCUT2D eigenvalue weighted by Crippen LogP contribution is -2.34. The Labute approximate surface area is 128 Å². The number of anilines is 3. The summed E-state index contributed by atoms with van der Waals surface area (Å²) in [7, 11) is 3.86. The maximum Gasteiger partial charge on any atom is 0.326 e. The molecule has 0 saturated carbocycles. The number of imide groups is 1. The number of nitrogen functional groups attached to an aromatic ring is 1. The number of urea groups is 1. The molecule has 4 N–H and O–H groups in total. The number of carbonyl (C=O) groups excluding carboxylic acids is 2. The number of nitrogens with one attached hydrogen (secondary N) is 2. The molecule has 6 heteroatoms. The van der Waals surface area contributed by atoms with Gasteiger partial charge in [0.05, 0.1) is 5.56 Å². The van der Waals surface area contributed by atoms with Gasteiger partial charge in [-0.3, -0.25) is 10.1 Å². The van der Waals surface area contributed by atoms with Crippen LogP contribution < -0.4 is 21.3 Å². The third-order valence-corrected chi connectivity index (χ3v) is 3.07. The van der Waals surface area contributed by atoms with E-state index in [0.717, 1.165) is 5.69 Å². The fraction of sp³-hybridized carbons (Fsp3) is 0.125. The van der Waals surface area contributed by atoms with Crippen LogP contribution in [-0.2, 0) is 0 Å². The number of hydrogen-bond acceptors (Lipinski definition) is 4. The highest BCUT2D eigenvalue weighted by atomic mass is 16.2. The van der Waals surface area contributed by atoms with Crippen molar-refractivity contribution in [3.05, 3.63) is 54.1 Å². The number of carbonyl (C=O) groups is 2. The minimum Gasteiger partial charge on any atom is -0.398 e. The molecule has 0 atom stereocenters. The fourth-order valence-corrected chi connectivity index (χ4v) is 1.88. The highest BCUT2D eigenvalue weighted by Gasteiger charge is 2.12. The molecule has 2 rings (SSSR count). The molecule has 0 bridgehead atoms. The van der Waals surface area contributed by atoms with Crippen LogP contribution in [0.3, 0.4) is 0 Å². The summed E-state index contributed by atoms with van der Waals surface area (Å²) in [5.41, 5.74) is 7.89. The Hall–Kier alpha value is -3.02. The van der Waals surface area contributed by atoms with Crippen LogP contribution in [0.2, 0.25) is 0 Å². The number of nitrogens with zero attached hydrogens (tertiary/aromatic N) is 1. The average Bonchev–Trinajstić information content (AvgIpc) is 2.48. The third-order valence-electron chi connectivity index (χ3n) is 3.07. The summed E-state index contributed by atoms with van der Waals surface area (Å²) in [6.07, 6.45) is 0. The van der Waals surface area contributed by atoms with E-state index >= 15 is 0 Å². The van der Waals surface area contributed by atoms with Crippen molar-refractivity contribution in [2.75, 3.05) is 30.0 Å². The summed E-state index contributed by atoms with van der Waals surface area (Å²) in [5.74, 6) is -0.541. The van der Waals surface area contributed by atoms with Gasteiger partial charge in [0.15, 0.2) is 0 Å². The number of rotatable bonds is 3. The molecule has 3 amide bonds. The lowest BCUT2D eigenvalue weighted by Gasteiger charge is -2.13. The van der Waals surface area contributed by atoms with E-state index in [1.165, 1.54) is 0 Å². The van der Waals surface area contributed by atoms with Crippen LogP contribution in [0.4, 0.5) is 21.9 Å². The SMILES string of the molecule is CN(C)c1ccc(NC(=O)NC(=O)c2ccccc2N)cc1. The maximum atomic E-state index is 12.0. The van der Waals surface area contributed by atoms with Gasteiger partial charge in [-0.05, 0) is 36.4 Å². The molecule has 0 spiro atoms. The van der Waals surface area contributed by atoms with Gasteiger partial charge in [-0.25, -0.2) is 4.79 Å². The second-order valence-corrected chi connectivity index (χ2v) is 4.94. The highest BCUT2D eigenvalue weighted by Crippen LogP contribution is 2.15. The van der Waals surface area contributed by atoms with Gasteiger partial charge in [0, 0.05) is 31.2 Å². The Balaban J connectivity index is 1.98. The summed E-state index contributed by atoms with van der Waals surface area (Å²) in [6.45, 7) is 0. The largest absolute Gasteiger partial charge is 0.398 e. The summed E-state index contributed by atoms with van der Waals surface area (Å²) in [5, 5.41) is 4.84. The van der Waals surface area contributed by atoms with Crippen LogP contribution in [0.15, 0.2) is 48.5 Å². The predicted octanol–water partition coefficient (Wildman–Crippen LogP) is 2.30. The molecule has 0 unspecified atom stereocenters. The quantitative estimate of drug-likeness (QED) is 0.759. The molecule has 2 aromatic rings. The molecule has 2 aromatic carbocycles. The molecule has 22 heavy (non-hydrogen) atoms. The first-order valence-corrected chi connectivity index (χ1v) is 6.71. The molecule has 0 aliphatic rings. The Morgan fingerprint density at radius 1 is 1.00 bits per heavy atom. The van der Waals surface area contributed by atoms with Crippen LogP contribution >= 0.6 is 0 Å². The zero-order chi connectivity index (χ0) is 16.1. The number of amides is 3. The molecule has 0 saturated heterocycles. The average molecular weight is 298 g/mol. The van der Waals surface area contributed by atoms with E-state index in [4.69, 9.17) is 5.73 Å². The number of nitrogens with two attached hydrogens (primary N) is 1. The van der Waals surface area contributed by atoms with Gasteiger partial charge in [0.25, 0.3) is 5.91 Å². The van der Waals surface area contributed by atoms with Crippen molar-refractivity contribution < 1.29 is 9.59 Å².